The summed E-state index contributed by atoms with van der Waals surface area (Å²) in [4.78, 5) is 20.0. The first-order chi connectivity index (χ1) is 8.66. The van der Waals surface area contributed by atoms with Gasteiger partial charge >= 0.3 is 0 Å². The lowest BCUT2D eigenvalue weighted by Gasteiger charge is -2.23. The van der Waals surface area contributed by atoms with E-state index in [1.165, 1.54) is 25.7 Å². The SMILES string of the molecule is CC(=O)N1CCCN(C(N)=NC2CCCC2)CC1. The molecule has 2 rings (SSSR count). The maximum absolute atomic E-state index is 11.4. The number of hydrogen-bond donors (Lipinski definition) is 1. The normalized spacial score (nSPS) is 23.3. The Bertz CT molecular complexity index is 323. The summed E-state index contributed by atoms with van der Waals surface area (Å²) in [5.41, 5.74) is 6.09. The van der Waals surface area contributed by atoms with Gasteiger partial charge in [-0.2, -0.15) is 0 Å². The van der Waals surface area contributed by atoms with Crippen LogP contribution in [0.3, 0.4) is 0 Å². The van der Waals surface area contributed by atoms with Crippen molar-refractivity contribution in [3.63, 3.8) is 0 Å². The Kier molecular flexibility index (Phi) is 4.44. The van der Waals surface area contributed by atoms with Crippen LogP contribution in [0.1, 0.15) is 39.0 Å². The van der Waals surface area contributed by atoms with Crippen molar-refractivity contribution in [3.8, 4) is 0 Å². The third kappa shape index (κ3) is 3.37. The van der Waals surface area contributed by atoms with Crippen LogP contribution in [0.15, 0.2) is 4.99 Å². The number of hydrogen-bond acceptors (Lipinski definition) is 2. The van der Waals surface area contributed by atoms with E-state index in [4.69, 9.17) is 5.73 Å². The topological polar surface area (TPSA) is 61.9 Å². The van der Waals surface area contributed by atoms with Gasteiger partial charge in [0.1, 0.15) is 0 Å². The molecule has 18 heavy (non-hydrogen) atoms. The van der Waals surface area contributed by atoms with E-state index in [-0.39, 0.29) is 5.91 Å². The van der Waals surface area contributed by atoms with Crippen molar-refractivity contribution in [2.45, 2.75) is 45.1 Å². The van der Waals surface area contributed by atoms with Gasteiger partial charge in [-0.05, 0) is 19.3 Å². The molecular weight excluding hydrogens is 228 g/mol. The number of guanidine groups is 1. The van der Waals surface area contributed by atoms with Crippen LogP contribution < -0.4 is 5.73 Å². The summed E-state index contributed by atoms with van der Waals surface area (Å²) in [6.07, 6.45) is 5.88. The fourth-order valence-corrected chi connectivity index (χ4v) is 2.76. The number of aliphatic imine (C=N–C) groups is 1. The number of nitrogens with two attached hydrogens (primary N) is 1. The summed E-state index contributed by atoms with van der Waals surface area (Å²) < 4.78 is 0. The lowest BCUT2D eigenvalue weighted by atomic mass is 10.3. The molecule has 5 nitrogen and oxygen atoms in total. The second-order valence-electron chi connectivity index (χ2n) is 5.27. The van der Waals surface area contributed by atoms with E-state index in [1.54, 1.807) is 6.92 Å². The standard InChI is InChI=1S/C13H24N4O/c1-11(18)16-7-4-8-17(10-9-16)13(14)15-12-5-2-3-6-12/h12H,2-10H2,1H3,(H2,14,15). The van der Waals surface area contributed by atoms with Gasteiger partial charge in [-0.15, -0.1) is 0 Å². The average molecular weight is 252 g/mol. The molecule has 0 aromatic heterocycles. The smallest absolute Gasteiger partial charge is 0.219 e. The highest BCUT2D eigenvalue weighted by Gasteiger charge is 2.19. The Morgan fingerprint density at radius 3 is 2.33 bits per heavy atom. The van der Waals surface area contributed by atoms with Crippen LogP contribution in [0.25, 0.3) is 0 Å². The molecule has 5 heteroatoms. The summed E-state index contributed by atoms with van der Waals surface area (Å²) in [5, 5.41) is 0. The van der Waals surface area contributed by atoms with Crippen LogP contribution in [0.2, 0.25) is 0 Å². The molecule has 1 aliphatic carbocycles. The maximum Gasteiger partial charge on any atom is 0.219 e. The second-order valence-corrected chi connectivity index (χ2v) is 5.27. The van der Waals surface area contributed by atoms with Crippen molar-refractivity contribution in [1.29, 1.82) is 0 Å². The largest absolute Gasteiger partial charge is 0.370 e. The van der Waals surface area contributed by atoms with Gasteiger partial charge in [0.2, 0.25) is 5.91 Å². The minimum absolute atomic E-state index is 0.156. The fourth-order valence-electron chi connectivity index (χ4n) is 2.76. The molecule has 102 valence electrons. The monoisotopic (exact) mass is 252 g/mol. The Morgan fingerprint density at radius 1 is 1.06 bits per heavy atom. The molecule has 0 aromatic carbocycles. The van der Waals surface area contributed by atoms with E-state index in [0.29, 0.717) is 12.0 Å². The number of rotatable bonds is 1. The van der Waals surface area contributed by atoms with Gasteiger partial charge in [0.15, 0.2) is 5.96 Å². The van der Waals surface area contributed by atoms with E-state index in [2.05, 4.69) is 9.89 Å². The van der Waals surface area contributed by atoms with Crippen LogP contribution in [0.4, 0.5) is 0 Å². The Hall–Kier alpha value is -1.26. The zero-order valence-corrected chi connectivity index (χ0v) is 11.3. The minimum atomic E-state index is 0.156. The summed E-state index contributed by atoms with van der Waals surface area (Å²) >= 11 is 0. The molecule has 0 unspecified atom stereocenters. The number of amides is 1. The first-order valence-corrected chi connectivity index (χ1v) is 7.00. The van der Waals surface area contributed by atoms with Gasteiger partial charge in [-0.1, -0.05) is 12.8 Å². The molecule has 0 bridgehead atoms. The molecular formula is C13H24N4O. The Balaban J connectivity index is 1.90. The lowest BCUT2D eigenvalue weighted by molar-refractivity contribution is -0.128. The van der Waals surface area contributed by atoms with Crippen LogP contribution in [-0.4, -0.2) is 53.9 Å². The molecule has 2 N–H and O–H groups in total. The van der Waals surface area contributed by atoms with E-state index >= 15 is 0 Å². The third-order valence-corrected chi connectivity index (χ3v) is 3.90. The molecule has 0 spiro atoms. The lowest BCUT2D eigenvalue weighted by Crippen LogP contribution is -2.41. The molecule has 0 atom stereocenters. The summed E-state index contributed by atoms with van der Waals surface area (Å²) in [6, 6.07) is 0.428. The van der Waals surface area contributed by atoms with Gasteiger partial charge in [-0.3, -0.25) is 4.79 Å². The van der Waals surface area contributed by atoms with Crippen molar-refractivity contribution in [2.24, 2.45) is 10.7 Å². The average Bonchev–Trinajstić information content (AvgIpc) is 2.70. The minimum Gasteiger partial charge on any atom is -0.370 e. The number of carbonyl (C=O) groups excluding carboxylic acids is 1. The highest BCUT2D eigenvalue weighted by Crippen LogP contribution is 2.21. The molecule has 0 aromatic rings. The highest BCUT2D eigenvalue weighted by atomic mass is 16.2. The van der Waals surface area contributed by atoms with E-state index in [1.807, 2.05) is 4.90 Å². The maximum atomic E-state index is 11.4. The number of nitrogens with zero attached hydrogens (tertiary/aromatic N) is 3. The molecule has 1 aliphatic heterocycles. The quantitative estimate of drug-likeness (QED) is 0.554. The van der Waals surface area contributed by atoms with Crippen molar-refractivity contribution in [3.05, 3.63) is 0 Å². The van der Waals surface area contributed by atoms with Gasteiger partial charge in [0.05, 0.1) is 6.04 Å². The first-order valence-electron chi connectivity index (χ1n) is 7.00. The number of carbonyl (C=O) groups is 1. The van der Waals surface area contributed by atoms with Crippen LogP contribution in [0.5, 0.6) is 0 Å². The fraction of sp³-hybridized carbons (Fsp3) is 0.846. The van der Waals surface area contributed by atoms with Crippen LogP contribution >= 0.6 is 0 Å². The predicted octanol–water partition coefficient (Wildman–Crippen LogP) is 0.798. The van der Waals surface area contributed by atoms with Crippen molar-refractivity contribution in [2.75, 3.05) is 26.2 Å². The summed E-state index contributed by atoms with van der Waals surface area (Å²) in [5.74, 6) is 0.829. The molecule has 1 heterocycles. The summed E-state index contributed by atoms with van der Waals surface area (Å²) in [7, 11) is 0. The van der Waals surface area contributed by atoms with Crippen molar-refractivity contribution >= 4 is 11.9 Å². The molecule has 1 saturated carbocycles. The van der Waals surface area contributed by atoms with E-state index < -0.39 is 0 Å². The van der Waals surface area contributed by atoms with Gasteiger partial charge in [-0.25, -0.2) is 4.99 Å². The van der Waals surface area contributed by atoms with Gasteiger partial charge < -0.3 is 15.5 Å². The summed E-state index contributed by atoms with van der Waals surface area (Å²) in [6.45, 7) is 4.94. The third-order valence-electron chi connectivity index (χ3n) is 3.90. The van der Waals surface area contributed by atoms with Crippen LogP contribution in [0, 0.1) is 0 Å². The Labute approximate surface area is 109 Å². The van der Waals surface area contributed by atoms with E-state index in [9.17, 15) is 4.79 Å². The predicted molar refractivity (Wildman–Crippen MR) is 72.3 cm³/mol. The zero-order valence-electron chi connectivity index (χ0n) is 11.3. The second kappa shape index (κ2) is 6.07. The molecule has 1 saturated heterocycles. The van der Waals surface area contributed by atoms with Gasteiger partial charge in [0, 0.05) is 33.1 Å². The molecule has 1 amide bonds. The molecule has 0 radical (unpaired) electrons. The van der Waals surface area contributed by atoms with Gasteiger partial charge in [0.25, 0.3) is 0 Å². The van der Waals surface area contributed by atoms with E-state index in [0.717, 1.165) is 32.6 Å². The van der Waals surface area contributed by atoms with Crippen molar-refractivity contribution in [1.82, 2.24) is 9.80 Å². The Morgan fingerprint density at radius 2 is 1.67 bits per heavy atom. The molecule has 2 aliphatic rings. The van der Waals surface area contributed by atoms with Crippen molar-refractivity contribution < 1.29 is 4.79 Å². The highest BCUT2D eigenvalue weighted by molar-refractivity contribution is 5.78. The van der Waals surface area contributed by atoms with Crippen LogP contribution in [-0.2, 0) is 4.79 Å². The zero-order chi connectivity index (χ0) is 13.0. The first kappa shape index (κ1) is 13.2. The molecule has 2 fully saturated rings.